The molecule has 4 rings (SSSR count). The van der Waals surface area contributed by atoms with Crippen molar-refractivity contribution >= 4 is 22.9 Å². The topological polar surface area (TPSA) is 73.3 Å². The minimum absolute atomic E-state index is 0.213. The van der Waals surface area contributed by atoms with Gasteiger partial charge in [0.25, 0.3) is 5.91 Å². The number of aryl methyl sites for hydroxylation is 2. The van der Waals surface area contributed by atoms with E-state index in [-0.39, 0.29) is 5.91 Å². The Labute approximate surface area is 184 Å². The van der Waals surface area contributed by atoms with Crippen LogP contribution in [0.25, 0.3) is 0 Å². The highest BCUT2D eigenvalue weighted by Crippen LogP contribution is 2.27. The lowest BCUT2D eigenvalue weighted by atomic mass is 10.1. The van der Waals surface area contributed by atoms with Crippen LogP contribution < -0.4 is 14.8 Å². The number of nitrogens with one attached hydrogen (secondary N) is 1. The molecule has 156 valence electrons. The van der Waals surface area contributed by atoms with Gasteiger partial charge in [-0.25, -0.2) is 4.98 Å². The summed E-state index contributed by atoms with van der Waals surface area (Å²) < 4.78 is 11.6. The Balaban J connectivity index is 1.40. The van der Waals surface area contributed by atoms with Crippen LogP contribution in [0, 0.1) is 13.8 Å². The van der Waals surface area contributed by atoms with Crippen molar-refractivity contribution in [2.45, 2.75) is 20.5 Å². The van der Waals surface area contributed by atoms with Gasteiger partial charge < -0.3 is 14.8 Å². The zero-order valence-electron chi connectivity index (χ0n) is 17.2. The van der Waals surface area contributed by atoms with E-state index < -0.39 is 0 Å². The number of thiazole rings is 1. The molecular formula is C24H21N3O3S. The zero-order valence-corrected chi connectivity index (χ0v) is 18.0. The first-order valence-corrected chi connectivity index (χ1v) is 10.6. The summed E-state index contributed by atoms with van der Waals surface area (Å²) in [6, 6.07) is 16.3. The number of hydrogen-bond acceptors (Lipinski definition) is 6. The van der Waals surface area contributed by atoms with Crippen LogP contribution >= 0.6 is 11.3 Å². The molecule has 0 aliphatic rings. The number of carbonyl (C=O) groups is 1. The Kier molecular flexibility index (Phi) is 6.24. The summed E-state index contributed by atoms with van der Waals surface area (Å²) in [5.74, 6) is 1.77. The summed E-state index contributed by atoms with van der Waals surface area (Å²) in [4.78, 5) is 21.1. The summed E-state index contributed by atoms with van der Waals surface area (Å²) >= 11 is 1.58. The Bertz CT molecular complexity index is 1190. The van der Waals surface area contributed by atoms with E-state index in [1.807, 2.05) is 55.6 Å². The molecule has 0 aliphatic carbocycles. The highest BCUT2D eigenvalue weighted by atomic mass is 32.1. The lowest BCUT2D eigenvalue weighted by Gasteiger charge is -2.11. The fraction of sp³-hybridized carbons (Fsp3) is 0.125. The maximum absolute atomic E-state index is 12.7. The number of rotatable bonds is 7. The van der Waals surface area contributed by atoms with E-state index in [0.717, 1.165) is 16.3 Å². The van der Waals surface area contributed by atoms with E-state index in [9.17, 15) is 4.79 Å². The number of aromatic nitrogens is 2. The Morgan fingerprint density at radius 1 is 1.06 bits per heavy atom. The van der Waals surface area contributed by atoms with Crippen LogP contribution in [-0.2, 0) is 6.61 Å². The molecule has 0 unspecified atom stereocenters. The molecule has 0 spiro atoms. The number of hydrogen-bond donors (Lipinski definition) is 1. The third-order valence-corrected chi connectivity index (χ3v) is 5.27. The summed E-state index contributed by atoms with van der Waals surface area (Å²) in [6.07, 6.45) is 3.35. The van der Waals surface area contributed by atoms with Gasteiger partial charge in [0, 0.05) is 22.8 Å². The molecule has 7 heteroatoms. The van der Waals surface area contributed by atoms with E-state index in [2.05, 4.69) is 15.3 Å². The quantitative estimate of drug-likeness (QED) is 0.402. The molecule has 0 saturated heterocycles. The van der Waals surface area contributed by atoms with Crippen LogP contribution in [0.4, 0.5) is 5.69 Å². The second-order valence-corrected chi connectivity index (χ2v) is 7.96. The first-order chi connectivity index (χ1) is 15.1. The number of carbonyl (C=O) groups excluding carboxylic acids is 1. The molecule has 1 amide bonds. The average molecular weight is 432 g/mol. The predicted molar refractivity (Wildman–Crippen MR) is 121 cm³/mol. The van der Waals surface area contributed by atoms with Crippen LogP contribution in [0.2, 0.25) is 0 Å². The van der Waals surface area contributed by atoms with Crippen LogP contribution in [0.1, 0.15) is 26.6 Å². The predicted octanol–water partition coefficient (Wildman–Crippen LogP) is 5.78. The lowest BCUT2D eigenvalue weighted by molar-refractivity contribution is 0.102. The van der Waals surface area contributed by atoms with Crippen molar-refractivity contribution in [3.05, 3.63) is 94.2 Å². The van der Waals surface area contributed by atoms with Gasteiger partial charge in [0.15, 0.2) is 0 Å². The molecule has 0 radical (unpaired) electrons. The van der Waals surface area contributed by atoms with Crippen molar-refractivity contribution in [1.82, 2.24) is 9.97 Å². The number of anilines is 1. The molecule has 2 heterocycles. The highest BCUT2D eigenvalue weighted by molar-refractivity contribution is 7.09. The van der Waals surface area contributed by atoms with E-state index in [1.165, 1.54) is 0 Å². The number of nitrogens with zero attached hydrogens (tertiary/aromatic N) is 2. The molecule has 2 aromatic heterocycles. The largest absolute Gasteiger partial charge is 0.487 e. The monoisotopic (exact) mass is 431 g/mol. The van der Waals surface area contributed by atoms with E-state index in [0.29, 0.717) is 35.1 Å². The first kappa shape index (κ1) is 20.6. The minimum Gasteiger partial charge on any atom is -0.487 e. The fourth-order valence-electron chi connectivity index (χ4n) is 2.94. The summed E-state index contributed by atoms with van der Waals surface area (Å²) in [5.41, 5.74) is 2.98. The first-order valence-electron chi connectivity index (χ1n) is 9.70. The van der Waals surface area contributed by atoms with Crippen molar-refractivity contribution in [1.29, 1.82) is 0 Å². The number of ether oxygens (including phenoxy) is 2. The SMILES string of the molecule is Cc1nc(COc2cccc(C(=O)Nc3ccc(Oc4cccnc4)c(C)c3)c2)cs1. The minimum atomic E-state index is -0.213. The van der Waals surface area contributed by atoms with Gasteiger partial charge in [-0.1, -0.05) is 6.07 Å². The molecule has 6 nitrogen and oxygen atoms in total. The van der Waals surface area contributed by atoms with E-state index >= 15 is 0 Å². The van der Waals surface area contributed by atoms with Gasteiger partial charge in [-0.2, -0.15) is 0 Å². The van der Waals surface area contributed by atoms with Gasteiger partial charge in [-0.15, -0.1) is 11.3 Å². The van der Waals surface area contributed by atoms with Gasteiger partial charge in [-0.3, -0.25) is 9.78 Å². The maximum Gasteiger partial charge on any atom is 0.255 e. The van der Waals surface area contributed by atoms with E-state index in [1.54, 1.807) is 41.9 Å². The Morgan fingerprint density at radius 3 is 2.68 bits per heavy atom. The van der Waals surface area contributed by atoms with Crippen molar-refractivity contribution in [3.8, 4) is 17.2 Å². The lowest BCUT2D eigenvalue weighted by Crippen LogP contribution is -2.12. The number of amides is 1. The molecule has 1 N–H and O–H groups in total. The summed E-state index contributed by atoms with van der Waals surface area (Å²) in [6.45, 7) is 4.25. The van der Waals surface area contributed by atoms with Gasteiger partial charge in [0.05, 0.1) is 16.9 Å². The second-order valence-electron chi connectivity index (χ2n) is 6.90. The Morgan fingerprint density at radius 2 is 1.94 bits per heavy atom. The third-order valence-electron chi connectivity index (χ3n) is 4.44. The molecule has 0 fully saturated rings. The smallest absolute Gasteiger partial charge is 0.255 e. The van der Waals surface area contributed by atoms with Gasteiger partial charge >= 0.3 is 0 Å². The maximum atomic E-state index is 12.7. The highest BCUT2D eigenvalue weighted by Gasteiger charge is 2.10. The van der Waals surface area contributed by atoms with Crippen LogP contribution in [0.15, 0.2) is 72.4 Å². The van der Waals surface area contributed by atoms with Crippen LogP contribution in [0.3, 0.4) is 0 Å². The van der Waals surface area contributed by atoms with Crippen molar-refractivity contribution < 1.29 is 14.3 Å². The standard InChI is InChI=1S/C24H21N3O3S/c1-16-11-19(8-9-23(16)30-22-7-4-10-25-13-22)27-24(28)18-5-3-6-21(12-18)29-14-20-15-31-17(2)26-20/h3-13,15H,14H2,1-2H3,(H,27,28). The summed E-state index contributed by atoms with van der Waals surface area (Å²) in [7, 11) is 0. The van der Waals surface area contributed by atoms with Gasteiger partial charge in [0.2, 0.25) is 0 Å². The number of benzene rings is 2. The third kappa shape index (κ3) is 5.46. The van der Waals surface area contributed by atoms with Gasteiger partial charge in [-0.05, 0) is 67.9 Å². The fourth-order valence-corrected chi connectivity index (χ4v) is 3.54. The summed E-state index contributed by atoms with van der Waals surface area (Å²) in [5, 5.41) is 5.89. The zero-order chi connectivity index (χ0) is 21.6. The molecular weight excluding hydrogens is 410 g/mol. The molecule has 4 aromatic rings. The second kappa shape index (κ2) is 9.40. The molecule has 0 atom stereocenters. The van der Waals surface area contributed by atoms with Crippen molar-refractivity contribution in [2.24, 2.45) is 0 Å². The van der Waals surface area contributed by atoms with E-state index in [4.69, 9.17) is 9.47 Å². The van der Waals surface area contributed by atoms with Gasteiger partial charge in [0.1, 0.15) is 23.9 Å². The average Bonchev–Trinajstić information content (AvgIpc) is 3.20. The molecule has 0 saturated carbocycles. The van der Waals surface area contributed by atoms with Crippen LogP contribution in [-0.4, -0.2) is 15.9 Å². The molecule has 0 aliphatic heterocycles. The van der Waals surface area contributed by atoms with Crippen molar-refractivity contribution in [2.75, 3.05) is 5.32 Å². The normalized spacial score (nSPS) is 10.5. The molecule has 0 bridgehead atoms. The van der Waals surface area contributed by atoms with Crippen LogP contribution in [0.5, 0.6) is 17.2 Å². The number of pyridine rings is 1. The molecule has 31 heavy (non-hydrogen) atoms. The van der Waals surface area contributed by atoms with Crippen molar-refractivity contribution in [3.63, 3.8) is 0 Å². The molecule has 2 aromatic carbocycles. The Hall–Kier alpha value is -3.71.